The SMILES string of the molecule is N#Cc1ccc(NC(=O)N[C@@H]2C3CSc4ccccc4C32)nc1.O=C(O)[C@@H]1C2CSc3ccccc3C21. The number of hydrogen-bond donors (Lipinski definition) is 3. The van der Waals surface area contributed by atoms with E-state index in [0.717, 1.165) is 11.5 Å². The van der Waals surface area contributed by atoms with Crippen LogP contribution < -0.4 is 10.6 Å². The third-order valence-electron chi connectivity index (χ3n) is 7.47. The molecule has 37 heavy (non-hydrogen) atoms. The van der Waals surface area contributed by atoms with Crippen LogP contribution in [-0.4, -0.2) is 39.6 Å². The van der Waals surface area contributed by atoms with Crippen molar-refractivity contribution in [3.63, 3.8) is 0 Å². The Morgan fingerprint density at radius 1 is 0.919 bits per heavy atom. The maximum Gasteiger partial charge on any atom is 0.320 e. The van der Waals surface area contributed by atoms with Crippen molar-refractivity contribution >= 4 is 41.3 Å². The Morgan fingerprint density at radius 3 is 2.19 bits per heavy atom. The number of carbonyl (C=O) groups is 2. The zero-order chi connectivity index (χ0) is 25.5. The van der Waals surface area contributed by atoms with E-state index in [-0.39, 0.29) is 18.0 Å². The first-order valence-electron chi connectivity index (χ1n) is 12.1. The Balaban J connectivity index is 0.000000153. The minimum atomic E-state index is -0.627. The number of rotatable bonds is 3. The Bertz CT molecular complexity index is 1410. The molecular formula is C28H24N4O3S2. The molecular weight excluding hydrogens is 504 g/mol. The number of carboxylic acid groups (broad SMARTS) is 1. The average molecular weight is 529 g/mol. The summed E-state index contributed by atoms with van der Waals surface area (Å²) in [4.78, 5) is 29.7. The molecule has 0 radical (unpaired) electrons. The summed E-state index contributed by atoms with van der Waals surface area (Å²) < 4.78 is 0. The number of carboxylic acids is 1. The molecule has 6 atom stereocenters. The molecule has 7 nitrogen and oxygen atoms in total. The van der Waals surface area contributed by atoms with Gasteiger partial charge in [-0.1, -0.05) is 36.4 Å². The largest absolute Gasteiger partial charge is 0.481 e. The van der Waals surface area contributed by atoms with Gasteiger partial charge in [0.15, 0.2) is 0 Å². The lowest BCUT2D eigenvalue weighted by Gasteiger charge is -2.12. The Labute approximate surface area is 223 Å². The number of nitrogens with one attached hydrogen (secondary N) is 2. The van der Waals surface area contributed by atoms with Gasteiger partial charge in [-0.2, -0.15) is 5.26 Å². The highest BCUT2D eigenvalue weighted by Gasteiger charge is 2.58. The average Bonchev–Trinajstić information content (AvgIpc) is 3.83. The molecule has 2 aliphatic carbocycles. The summed E-state index contributed by atoms with van der Waals surface area (Å²) in [7, 11) is 0. The number of urea groups is 1. The Morgan fingerprint density at radius 2 is 1.57 bits per heavy atom. The van der Waals surface area contributed by atoms with Gasteiger partial charge >= 0.3 is 12.0 Å². The first kappa shape index (κ1) is 23.9. The van der Waals surface area contributed by atoms with Crippen molar-refractivity contribution in [2.45, 2.75) is 27.7 Å². The van der Waals surface area contributed by atoms with E-state index in [1.54, 1.807) is 23.9 Å². The highest BCUT2D eigenvalue weighted by molar-refractivity contribution is 7.99. The molecule has 3 N–H and O–H groups in total. The van der Waals surface area contributed by atoms with Crippen LogP contribution in [0.4, 0.5) is 10.6 Å². The van der Waals surface area contributed by atoms with E-state index in [4.69, 9.17) is 10.4 Å². The van der Waals surface area contributed by atoms with Crippen LogP contribution in [0, 0.1) is 29.1 Å². The maximum atomic E-state index is 12.1. The first-order chi connectivity index (χ1) is 18.0. The van der Waals surface area contributed by atoms with E-state index in [1.165, 1.54) is 27.1 Å². The number of hydrogen-bond acceptors (Lipinski definition) is 6. The summed E-state index contributed by atoms with van der Waals surface area (Å²) in [6.45, 7) is 0. The monoisotopic (exact) mass is 528 g/mol. The van der Waals surface area contributed by atoms with Crippen LogP contribution in [-0.2, 0) is 4.79 Å². The molecule has 186 valence electrons. The van der Waals surface area contributed by atoms with Crippen LogP contribution in [0.5, 0.6) is 0 Å². The van der Waals surface area contributed by atoms with Crippen molar-refractivity contribution in [1.29, 1.82) is 5.26 Å². The van der Waals surface area contributed by atoms with Crippen molar-refractivity contribution < 1.29 is 14.7 Å². The van der Waals surface area contributed by atoms with E-state index in [0.29, 0.717) is 35.1 Å². The molecule has 3 heterocycles. The smallest absolute Gasteiger partial charge is 0.320 e. The summed E-state index contributed by atoms with van der Waals surface area (Å²) >= 11 is 3.66. The molecule has 4 unspecified atom stereocenters. The molecule has 2 amide bonds. The van der Waals surface area contributed by atoms with Gasteiger partial charge in [0.1, 0.15) is 11.9 Å². The second kappa shape index (κ2) is 9.77. The van der Waals surface area contributed by atoms with E-state index < -0.39 is 5.97 Å². The van der Waals surface area contributed by atoms with E-state index >= 15 is 0 Å². The lowest BCUT2D eigenvalue weighted by Crippen LogP contribution is -2.32. The van der Waals surface area contributed by atoms with Crippen molar-refractivity contribution in [2.75, 3.05) is 16.8 Å². The highest BCUT2D eigenvalue weighted by Crippen LogP contribution is 2.61. The zero-order valence-electron chi connectivity index (χ0n) is 19.7. The maximum absolute atomic E-state index is 12.1. The van der Waals surface area contributed by atoms with Crippen molar-refractivity contribution in [1.82, 2.24) is 10.3 Å². The fourth-order valence-corrected chi connectivity index (χ4v) is 8.19. The molecule has 7 rings (SSSR count). The van der Waals surface area contributed by atoms with Crippen LogP contribution in [0.3, 0.4) is 0 Å². The fourth-order valence-electron chi connectivity index (χ4n) is 5.53. The number of nitriles is 1. The molecule has 4 aliphatic rings. The van der Waals surface area contributed by atoms with Crippen molar-refractivity contribution in [2.24, 2.45) is 17.8 Å². The molecule has 0 saturated heterocycles. The van der Waals surface area contributed by atoms with Crippen LogP contribution in [0.1, 0.15) is 28.5 Å². The second-order valence-corrected chi connectivity index (χ2v) is 11.7. The van der Waals surface area contributed by atoms with E-state index in [2.05, 4.69) is 52.0 Å². The molecule has 0 bridgehead atoms. The predicted octanol–water partition coefficient (Wildman–Crippen LogP) is 5.17. The van der Waals surface area contributed by atoms with Crippen molar-refractivity contribution in [3.05, 3.63) is 83.6 Å². The van der Waals surface area contributed by atoms with Gasteiger partial charge in [-0.05, 0) is 47.2 Å². The highest BCUT2D eigenvalue weighted by atomic mass is 32.2. The van der Waals surface area contributed by atoms with Gasteiger partial charge in [0, 0.05) is 45.4 Å². The van der Waals surface area contributed by atoms with Gasteiger partial charge < -0.3 is 10.4 Å². The predicted molar refractivity (Wildman–Crippen MR) is 143 cm³/mol. The number of amides is 2. The second-order valence-electron chi connectivity index (χ2n) is 9.61. The summed E-state index contributed by atoms with van der Waals surface area (Å²) in [5.41, 5.74) is 3.06. The zero-order valence-corrected chi connectivity index (χ0v) is 21.3. The quantitative estimate of drug-likeness (QED) is 0.430. The van der Waals surface area contributed by atoms with Gasteiger partial charge in [0.2, 0.25) is 0 Å². The van der Waals surface area contributed by atoms with Crippen LogP contribution >= 0.6 is 23.5 Å². The molecule has 2 saturated carbocycles. The van der Waals surface area contributed by atoms with Crippen LogP contribution in [0.2, 0.25) is 0 Å². The Kier molecular flexibility index (Phi) is 6.31. The standard InChI is InChI=1S/C17H14N4OS.C11H10O2S/c18-7-10-5-6-14(19-8-10)20-17(22)21-16-12-9-23-13-4-2-1-3-11(13)15(12)16;12-11(13)10-7-5-14-8-4-2-1-3-6(8)9(7)10/h1-6,8,12,15-16H,9H2,(H2,19,20,21,22);1-4,7,9-10H,5H2,(H,12,13)/t12?,15?,16-;7?,9?,10-/m11/s1. The van der Waals surface area contributed by atoms with E-state index in [9.17, 15) is 9.59 Å². The lowest BCUT2D eigenvalue weighted by atomic mass is 10.1. The minimum Gasteiger partial charge on any atom is -0.481 e. The van der Waals surface area contributed by atoms with Gasteiger partial charge in [0.25, 0.3) is 0 Å². The lowest BCUT2D eigenvalue weighted by molar-refractivity contribution is -0.138. The molecule has 1 aromatic heterocycles. The number of aromatic nitrogens is 1. The minimum absolute atomic E-state index is 0.119. The summed E-state index contributed by atoms with van der Waals surface area (Å²) in [5.74, 6) is 3.32. The number of nitrogens with zero attached hydrogens (tertiary/aromatic N) is 2. The van der Waals surface area contributed by atoms with Gasteiger partial charge in [-0.3, -0.25) is 10.1 Å². The number of thioether (sulfide) groups is 2. The molecule has 2 aliphatic heterocycles. The summed E-state index contributed by atoms with van der Waals surface area (Å²) in [6, 6.07) is 21.8. The Hall–Kier alpha value is -3.48. The summed E-state index contributed by atoms with van der Waals surface area (Å²) in [5, 5.41) is 23.5. The number of fused-ring (bicyclic) bond motifs is 6. The topological polar surface area (TPSA) is 115 Å². The normalized spacial score (nSPS) is 27.3. The fraction of sp³-hybridized carbons (Fsp3) is 0.286. The number of aliphatic carboxylic acids is 1. The number of anilines is 1. The molecule has 0 spiro atoms. The first-order valence-corrected chi connectivity index (χ1v) is 14.1. The number of benzene rings is 2. The molecule has 2 aromatic carbocycles. The van der Waals surface area contributed by atoms with Gasteiger partial charge in [0.05, 0.1) is 11.5 Å². The summed E-state index contributed by atoms with van der Waals surface area (Å²) in [6.07, 6.45) is 1.44. The third kappa shape index (κ3) is 4.67. The molecule has 3 aromatic rings. The number of pyridine rings is 1. The van der Waals surface area contributed by atoms with E-state index in [1.807, 2.05) is 30.0 Å². The number of carbonyl (C=O) groups excluding carboxylic acids is 1. The molecule has 2 fully saturated rings. The van der Waals surface area contributed by atoms with Crippen LogP contribution in [0.15, 0.2) is 76.7 Å². The third-order valence-corrected chi connectivity index (χ3v) is 9.94. The molecule has 9 heteroatoms. The van der Waals surface area contributed by atoms with Gasteiger partial charge in [-0.15, -0.1) is 23.5 Å². The van der Waals surface area contributed by atoms with Crippen LogP contribution in [0.25, 0.3) is 0 Å². The van der Waals surface area contributed by atoms with Crippen molar-refractivity contribution in [3.8, 4) is 6.07 Å². The van der Waals surface area contributed by atoms with Gasteiger partial charge in [-0.25, -0.2) is 9.78 Å².